The third-order valence-electron chi connectivity index (χ3n) is 7.30. The molecule has 3 heterocycles. The molecule has 2 amide bonds. The van der Waals surface area contributed by atoms with E-state index in [9.17, 15) is 9.59 Å². The lowest BCUT2D eigenvalue weighted by Gasteiger charge is -2.41. The molecule has 1 atom stereocenters. The Kier molecular flexibility index (Phi) is 7.34. The molecule has 0 unspecified atom stereocenters. The topological polar surface area (TPSA) is 74.8 Å². The number of ether oxygens (including phenoxy) is 1. The van der Waals surface area contributed by atoms with Crippen LogP contribution >= 0.6 is 11.3 Å². The fraction of sp³-hybridized carbons (Fsp3) is 0.393. The van der Waals surface area contributed by atoms with Crippen LogP contribution in [0, 0.1) is 0 Å². The number of thiazole rings is 1. The van der Waals surface area contributed by atoms with E-state index in [4.69, 9.17) is 4.74 Å². The number of piperidine rings is 1. The van der Waals surface area contributed by atoms with Gasteiger partial charge in [0.05, 0.1) is 30.9 Å². The van der Waals surface area contributed by atoms with Gasteiger partial charge in [0, 0.05) is 26.2 Å². The number of aromatic nitrogens is 1. The smallest absolute Gasteiger partial charge is 0.265 e. The molecule has 2 aromatic carbocycles. The van der Waals surface area contributed by atoms with Crippen LogP contribution in [0.4, 0.5) is 5.13 Å². The van der Waals surface area contributed by atoms with Crippen molar-refractivity contribution in [2.75, 3.05) is 44.3 Å². The van der Waals surface area contributed by atoms with Crippen molar-refractivity contribution in [3.8, 4) is 0 Å². The van der Waals surface area contributed by atoms with Gasteiger partial charge in [-0.05, 0) is 30.9 Å². The van der Waals surface area contributed by atoms with Crippen LogP contribution < -0.4 is 10.2 Å². The predicted octanol–water partition coefficient (Wildman–Crippen LogP) is 4.03. The van der Waals surface area contributed by atoms with Crippen LogP contribution in [-0.2, 0) is 14.9 Å². The standard InChI is InChI=1S/C28H32N4O3S/c1-21(22-8-4-2-5-9-22)30-26(34)28(23-10-6-3-7-11-23)12-14-31(15-13-28)25(33)24-20-29-27(36-24)32-16-18-35-19-17-32/h2-11,20-21H,12-19H2,1H3,(H,30,34)/t21-/m0/s1. The molecule has 188 valence electrons. The van der Waals surface area contributed by atoms with E-state index in [1.54, 1.807) is 6.20 Å². The van der Waals surface area contributed by atoms with Crippen LogP contribution in [0.2, 0.25) is 0 Å². The second kappa shape index (κ2) is 10.8. The van der Waals surface area contributed by atoms with Gasteiger partial charge in [-0.2, -0.15) is 0 Å². The summed E-state index contributed by atoms with van der Waals surface area (Å²) in [6.07, 6.45) is 2.83. The van der Waals surface area contributed by atoms with Crippen molar-refractivity contribution in [2.24, 2.45) is 0 Å². The van der Waals surface area contributed by atoms with E-state index >= 15 is 0 Å². The average molecular weight is 505 g/mol. The second-order valence-electron chi connectivity index (χ2n) is 9.45. The van der Waals surface area contributed by atoms with Gasteiger partial charge in [-0.3, -0.25) is 9.59 Å². The first-order chi connectivity index (χ1) is 17.6. The Balaban J connectivity index is 1.30. The molecule has 2 aliphatic heterocycles. The van der Waals surface area contributed by atoms with Crippen molar-refractivity contribution in [2.45, 2.75) is 31.2 Å². The Hall–Kier alpha value is -3.23. The fourth-order valence-electron chi connectivity index (χ4n) is 5.08. The molecule has 7 nitrogen and oxygen atoms in total. The van der Waals surface area contributed by atoms with Gasteiger partial charge in [0.15, 0.2) is 5.13 Å². The highest BCUT2D eigenvalue weighted by Crippen LogP contribution is 2.37. The molecule has 0 saturated carbocycles. The largest absolute Gasteiger partial charge is 0.378 e. The highest BCUT2D eigenvalue weighted by molar-refractivity contribution is 7.17. The molecule has 0 radical (unpaired) electrons. The zero-order valence-electron chi connectivity index (χ0n) is 20.6. The Labute approximate surface area is 216 Å². The van der Waals surface area contributed by atoms with E-state index in [1.165, 1.54) is 11.3 Å². The van der Waals surface area contributed by atoms with Crippen molar-refractivity contribution in [1.82, 2.24) is 15.2 Å². The lowest BCUT2D eigenvalue weighted by atomic mass is 9.71. The monoisotopic (exact) mass is 504 g/mol. The summed E-state index contributed by atoms with van der Waals surface area (Å²) in [6.45, 7) is 6.00. The number of anilines is 1. The number of rotatable bonds is 6. The number of nitrogens with zero attached hydrogens (tertiary/aromatic N) is 3. The van der Waals surface area contributed by atoms with Crippen molar-refractivity contribution in [3.63, 3.8) is 0 Å². The van der Waals surface area contributed by atoms with Gasteiger partial charge in [-0.25, -0.2) is 4.98 Å². The van der Waals surface area contributed by atoms with Gasteiger partial charge < -0.3 is 19.9 Å². The fourth-order valence-corrected chi connectivity index (χ4v) is 6.01. The number of nitrogens with one attached hydrogen (secondary N) is 1. The first-order valence-electron chi connectivity index (χ1n) is 12.6. The van der Waals surface area contributed by atoms with Crippen LogP contribution in [-0.4, -0.2) is 61.1 Å². The second-order valence-corrected chi connectivity index (χ2v) is 10.5. The highest BCUT2D eigenvalue weighted by atomic mass is 32.1. The maximum Gasteiger partial charge on any atom is 0.265 e. The summed E-state index contributed by atoms with van der Waals surface area (Å²) in [5.74, 6) is 0.0104. The van der Waals surface area contributed by atoms with E-state index in [-0.39, 0.29) is 17.9 Å². The van der Waals surface area contributed by atoms with Crippen LogP contribution in [0.3, 0.4) is 0 Å². The minimum absolute atomic E-state index is 0.00765. The number of hydrogen-bond acceptors (Lipinski definition) is 6. The van der Waals surface area contributed by atoms with E-state index in [0.29, 0.717) is 44.0 Å². The van der Waals surface area contributed by atoms with Crippen molar-refractivity contribution in [3.05, 3.63) is 82.9 Å². The van der Waals surface area contributed by atoms with E-state index < -0.39 is 5.41 Å². The molecular formula is C28H32N4O3S. The summed E-state index contributed by atoms with van der Waals surface area (Å²) in [5.41, 5.74) is 1.40. The zero-order valence-corrected chi connectivity index (χ0v) is 21.4. The minimum atomic E-state index is -0.673. The van der Waals surface area contributed by atoms with Gasteiger partial charge in [-0.1, -0.05) is 72.0 Å². The predicted molar refractivity (Wildman–Crippen MR) is 141 cm³/mol. The molecule has 0 spiro atoms. The molecule has 1 aromatic heterocycles. The van der Waals surface area contributed by atoms with E-state index in [1.807, 2.05) is 72.5 Å². The van der Waals surface area contributed by atoms with Crippen molar-refractivity contribution < 1.29 is 14.3 Å². The van der Waals surface area contributed by atoms with Gasteiger partial charge in [-0.15, -0.1) is 0 Å². The number of morpholine rings is 1. The van der Waals surface area contributed by atoms with E-state index in [0.717, 1.165) is 29.3 Å². The molecule has 36 heavy (non-hydrogen) atoms. The maximum atomic E-state index is 13.8. The van der Waals surface area contributed by atoms with Gasteiger partial charge in [0.25, 0.3) is 5.91 Å². The van der Waals surface area contributed by atoms with Crippen LogP contribution in [0.15, 0.2) is 66.9 Å². The molecule has 5 rings (SSSR count). The summed E-state index contributed by atoms with van der Waals surface area (Å²) < 4.78 is 5.42. The summed E-state index contributed by atoms with van der Waals surface area (Å²) in [5, 5.41) is 4.12. The Morgan fingerprint density at radius 2 is 1.61 bits per heavy atom. The first-order valence-corrected chi connectivity index (χ1v) is 13.4. The summed E-state index contributed by atoms with van der Waals surface area (Å²) >= 11 is 1.44. The normalized spacial score (nSPS) is 18.5. The lowest BCUT2D eigenvalue weighted by molar-refractivity contribution is -0.129. The third kappa shape index (κ3) is 5.01. The molecule has 2 aliphatic rings. The Bertz CT molecular complexity index is 1170. The summed E-state index contributed by atoms with van der Waals surface area (Å²) in [6, 6.07) is 19.9. The molecule has 2 saturated heterocycles. The van der Waals surface area contributed by atoms with Crippen LogP contribution in [0.5, 0.6) is 0 Å². The number of likely N-dealkylation sites (tertiary alicyclic amines) is 1. The number of amides is 2. The van der Waals surface area contributed by atoms with Crippen LogP contribution in [0.1, 0.15) is 46.6 Å². The van der Waals surface area contributed by atoms with Gasteiger partial charge >= 0.3 is 0 Å². The summed E-state index contributed by atoms with van der Waals surface area (Å²) in [7, 11) is 0. The zero-order chi connectivity index (χ0) is 25.0. The number of carbonyl (C=O) groups is 2. The van der Waals surface area contributed by atoms with E-state index in [2.05, 4.69) is 15.2 Å². The molecule has 1 N–H and O–H groups in total. The lowest BCUT2D eigenvalue weighted by Crippen LogP contribution is -2.53. The first kappa shape index (κ1) is 24.5. The quantitative estimate of drug-likeness (QED) is 0.549. The van der Waals surface area contributed by atoms with Crippen molar-refractivity contribution in [1.29, 1.82) is 0 Å². The minimum Gasteiger partial charge on any atom is -0.378 e. The Morgan fingerprint density at radius 3 is 2.28 bits per heavy atom. The highest BCUT2D eigenvalue weighted by Gasteiger charge is 2.44. The number of benzene rings is 2. The van der Waals surface area contributed by atoms with Gasteiger partial charge in [0.2, 0.25) is 5.91 Å². The molecular weight excluding hydrogens is 472 g/mol. The molecule has 0 bridgehead atoms. The number of hydrogen-bond donors (Lipinski definition) is 1. The SMILES string of the molecule is C[C@H](NC(=O)C1(c2ccccc2)CCN(C(=O)c2cnc(N3CCOCC3)s2)CC1)c1ccccc1. The summed E-state index contributed by atoms with van der Waals surface area (Å²) in [4.78, 5) is 36.3. The van der Waals surface area contributed by atoms with Crippen molar-refractivity contribution >= 4 is 28.3 Å². The average Bonchev–Trinajstić information content (AvgIpc) is 3.44. The molecule has 8 heteroatoms. The molecule has 3 aromatic rings. The Morgan fingerprint density at radius 1 is 0.972 bits per heavy atom. The molecule has 0 aliphatic carbocycles. The molecule has 2 fully saturated rings. The maximum absolute atomic E-state index is 13.8. The third-order valence-corrected chi connectivity index (χ3v) is 8.34. The van der Waals surface area contributed by atoms with Gasteiger partial charge in [0.1, 0.15) is 4.88 Å². The number of carbonyl (C=O) groups excluding carboxylic acids is 2. The van der Waals surface area contributed by atoms with Crippen LogP contribution in [0.25, 0.3) is 0 Å².